The van der Waals surface area contributed by atoms with E-state index in [9.17, 15) is 14.4 Å². The molecule has 0 amide bonds. The molecule has 0 radical (unpaired) electrons. The van der Waals surface area contributed by atoms with Crippen LogP contribution in [-0.4, -0.2) is 47.6 Å². The van der Waals surface area contributed by atoms with Gasteiger partial charge in [0.15, 0.2) is 0 Å². The summed E-state index contributed by atoms with van der Waals surface area (Å²) in [6.45, 7) is 1.93. The van der Waals surface area contributed by atoms with E-state index < -0.39 is 17.9 Å². The lowest BCUT2D eigenvalue weighted by Crippen LogP contribution is -2.49. The van der Waals surface area contributed by atoms with Gasteiger partial charge in [-0.1, -0.05) is 29.5 Å². The van der Waals surface area contributed by atoms with E-state index in [1.54, 1.807) is 7.11 Å². The molecule has 3 aliphatic carbocycles. The highest BCUT2D eigenvalue weighted by Crippen LogP contribution is 2.54. The first-order chi connectivity index (χ1) is 12.5. The fourth-order valence-corrected chi connectivity index (χ4v) is 5.10. The molecule has 0 spiro atoms. The summed E-state index contributed by atoms with van der Waals surface area (Å²) in [5, 5.41) is 0. The molecule has 0 heterocycles. The minimum Gasteiger partial charge on any atom is -0.462 e. The standard InChI is InChI=1S/C19H27IO6/c1-3-14(20)18(22)26-17-12-8-11(16(17)24-2)13(9-21)15(12)19(23)25-10-6-4-5-7-10/h9-17H,3-8H2,1-2H3. The lowest BCUT2D eigenvalue weighted by molar-refractivity contribution is -0.176. The molecule has 26 heavy (non-hydrogen) atoms. The van der Waals surface area contributed by atoms with Crippen molar-refractivity contribution >= 4 is 40.8 Å². The first-order valence-corrected chi connectivity index (χ1v) is 10.8. The number of hydrogen-bond donors (Lipinski definition) is 0. The molecule has 3 saturated carbocycles. The number of halogens is 1. The van der Waals surface area contributed by atoms with Crippen LogP contribution >= 0.6 is 22.6 Å². The number of esters is 2. The molecule has 0 aliphatic heterocycles. The fourth-order valence-electron chi connectivity index (χ4n) is 4.95. The van der Waals surface area contributed by atoms with Crippen LogP contribution in [0.1, 0.15) is 45.4 Å². The second-order valence-electron chi connectivity index (χ2n) is 7.62. The van der Waals surface area contributed by atoms with Crippen molar-refractivity contribution in [3.63, 3.8) is 0 Å². The minimum absolute atomic E-state index is 0.0352. The van der Waals surface area contributed by atoms with Crippen molar-refractivity contribution in [1.29, 1.82) is 0 Å². The number of fused-ring (bicyclic) bond motifs is 2. The van der Waals surface area contributed by atoms with Gasteiger partial charge in [-0.05, 0) is 44.4 Å². The number of carbonyl (C=O) groups excluding carboxylic acids is 3. The monoisotopic (exact) mass is 478 g/mol. The van der Waals surface area contributed by atoms with Crippen molar-refractivity contribution in [3.05, 3.63) is 0 Å². The Balaban J connectivity index is 1.75. The number of aldehydes is 1. The van der Waals surface area contributed by atoms with Crippen LogP contribution in [0.5, 0.6) is 0 Å². The molecule has 7 heteroatoms. The molecule has 7 unspecified atom stereocenters. The van der Waals surface area contributed by atoms with Crippen molar-refractivity contribution in [2.45, 2.75) is 67.7 Å². The molecule has 3 rings (SSSR count). The maximum atomic E-state index is 12.8. The number of methoxy groups -OCH3 is 1. The minimum atomic E-state index is -0.531. The van der Waals surface area contributed by atoms with Crippen LogP contribution in [0.15, 0.2) is 0 Å². The van der Waals surface area contributed by atoms with Crippen LogP contribution < -0.4 is 0 Å². The number of rotatable bonds is 7. The van der Waals surface area contributed by atoms with Gasteiger partial charge in [-0.15, -0.1) is 0 Å². The lowest BCUT2D eigenvalue weighted by atomic mass is 9.77. The summed E-state index contributed by atoms with van der Waals surface area (Å²) in [4.78, 5) is 36.8. The van der Waals surface area contributed by atoms with Crippen LogP contribution in [0.25, 0.3) is 0 Å². The van der Waals surface area contributed by atoms with Crippen LogP contribution in [0.2, 0.25) is 0 Å². The third-order valence-electron chi connectivity index (χ3n) is 6.24. The van der Waals surface area contributed by atoms with Crippen LogP contribution in [-0.2, 0) is 28.6 Å². The second-order valence-corrected chi connectivity index (χ2v) is 9.13. The Morgan fingerprint density at radius 3 is 2.42 bits per heavy atom. The zero-order valence-corrected chi connectivity index (χ0v) is 17.4. The van der Waals surface area contributed by atoms with Crippen molar-refractivity contribution in [2.75, 3.05) is 7.11 Å². The molecule has 146 valence electrons. The lowest BCUT2D eigenvalue weighted by Gasteiger charge is -2.37. The first kappa shape index (κ1) is 20.0. The summed E-state index contributed by atoms with van der Waals surface area (Å²) in [5.74, 6) is -1.85. The number of hydrogen-bond acceptors (Lipinski definition) is 6. The molecule has 0 aromatic heterocycles. The summed E-state index contributed by atoms with van der Waals surface area (Å²) in [6, 6.07) is 0. The molecule has 0 aromatic carbocycles. The van der Waals surface area contributed by atoms with Crippen molar-refractivity contribution in [1.82, 2.24) is 0 Å². The van der Waals surface area contributed by atoms with Gasteiger partial charge in [0.1, 0.15) is 22.4 Å². The quantitative estimate of drug-likeness (QED) is 0.242. The van der Waals surface area contributed by atoms with E-state index >= 15 is 0 Å². The Labute approximate surface area is 167 Å². The van der Waals surface area contributed by atoms with E-state index in [2.05, 4.69) is 22.6 Å². The van der Waals surface area contributed by atoms with Crippen molar-refractivity contribution in [2.24, 2.45) is 23.7 Å². The molecule has 3 aliphatic rings. The predicted molar refractivity (Wildman–Crippen MR) is 102 cm³/mol. The SMILES string of the molecule is CCC(I)C(=O)OC1C2CC(C(C=O)C2C(=O)OC2CCCC2)C1OC. The average Bonchev–Trinajstić information content (AvgIpc) is 3.35. The first-order valence-electron chi connectivity index (χ1n) is 9.54. The van der Waals surface area contributed by atoms with E-state index in [1.807, 2.05) is 6.92 Å². The Kier molecular flexibility index (Phi) is 6.59. The summed E-state index contributed by atoms with van der Waals surface area (Å²) in [5.41, 5.74) is 0. The van der Waals surface area contributed by atoms with Gasteiger partial charge in [0.2, 0.25) is 0 Å². The second kappa shape index (κ2) is 8.54. The molecule has 0 saturated heterocycles. The zero-order valence-electron chi connectivity index (χ0n) is 15.3. The summed E-state index contributed by atoms with van der Waals surface area (Å²) >= 11 is 2.07. The van der Waals surface area contributed by atoms with Crippen LogP contribution in [0.4, 0.5) is 0 Å². The molecule has 2 bridgehead atoms. The van der Waals surface area contributed by atoms with Crippen molar-refractivity contribution in [3.8, 4) is 0 Å². The van der Waals surface area contributed by atoms with E-state index in [0.29, 0.717) is 12.8 Å². The van der Waals surface area contributed by atoms with Crippen LogP contribution in [0, 0.1) is 23.7 Å². The van der Waals surface area contributed by atoms with Crippen molar-refractivity contribution < 1.29 is 28.6 Å². The largest absolute Gasteiger partial charge is 0.462 e. The number of alkyl halides is 1. The third kappa shape index (κ3) is 3.66. The number of ether oxygens (including phenoxy) is 3. The van der Waals surface area contributed by atoms with E-state index in [4.69, 9.17) is 14.2 Å². The van der Waals surface area contributed by atoms with Crippen LogP contribution in [0.3, 0.4) is 0 Å². The zero-order chi connectivity index (χ0) is 18.8. The molecule has 0 aromatic rings. The van der Waals surface area contributed by atoms with Gasteiger partial charge in [0.25, 0.3) is 0 Å². The summed E-state index contributed by atoms with van der Waals surface area (Å²) in [6.07, 6.45) is 5.28. The maximum Gasteiger partial charge on any atom is 0.319 e. The smallest absolute Gasteiger partial charge is 0.319 e. The topological polar surface area (TPSA) is 78.9 Å². The highest BCUT2D eigenvalue weighted by atomic mass is 127. The molecule has 6 nitrogen and oxygen atoms in total. The number of carbonyl (C=O) groups is 3. The van der Waals surface area contributed by atoms with E-state index in [0.717, 1.165) is 32.0 Å². The Hall–Kier alpha value is -0.700. The van der Waals surface area contributed by atoms with Gasteiger partial charge in [-0.3, -0.25) is 9.59 Å². The normalized spacial score (nSPS) is 37.5. The van der Waals surface area contributed by atoms with Gasteiger partial charge < -0.3 is 19.0 Å². The Morgan fingerprint density at radius 1 is 1.15 bits per heavy atom. The van der Waals surface area contributed by atoms with E-state index in [1.165, 1.54) is 0 Å². The van der Waals surface area contributed by atoms with Gasteiger partial charge in [0.05, 0.1) is 12.0 Å². The summed E-state index contributed by atoms with van der Waals surface area (Å²) in [7, 11) is 1.57. The summed E-state index contributed by atoms with van der Waals surface area (Å²) < 4.78 is 16.8. The highest BCUT2D eigenvalue weighted by molar-refractivity contribution is 14.1. The maximum absolute atomic E-state index is 12.8. The third-order valence-corrected chi connectivity index (χ3v) is 7.62. The van der Waals surface area contributed by atoms with E-state index in [-0.39, 0.29) is 39.9 Å². The predicted octanol–water partition coefficient (Wildman–Crippen LogP) is 2.69. The average molecular weight is 478 g/mol. The molecular weight excluding hydrogens is 451 g/mol. The molecule has 7 atom stereocenters. The van der Waals surface area contributed by atoms with Gasteiger partial charge in [-0.2, -0.15) is 0 Å². The fraction of sp³-hybridized carbons (Fsp3) is 0.842. The Morgan fingerprint density at radius 2 is 1.85 bits per heavy atom. The highest BCUT2D eigenvalue weighted by Gasteiger charge is 2.63. The van der Waals surface area contributed by atoms with Gasteiger partial charge in [-0.25, -0.2) is 0 Å². The van der Waals surface area contributed by atoms with Gasteiger partial charge in [0, 0.05) is 18.9 Å². The molecule has 0 N–H and O–H groups in total. The molecular formula is C19H27IO6. The molecule has 3 fully saturated rings. The Bertz CT molecular complexity index is 546. The van der Waals surface area contributed by atoms with Gasteiger partial charge >= 0.3 is 11.9 Å².